The van der Waals surface area contributed by atoms with Crippen LogP contribution in [0.1, 0.15) is 102 Å². The molecule has 0 unspecified atom stereocenters. The summed E-state index contributed by atoms with van der Waals surface area (Å²) < 4.78 is 58.0. The second kappa shape index (κ2) is 20.8. The van der Waals surface area contributed by atoms with Crippen molar-refractivity contribution < 1.29 is 67.2 Å². The largest absolute Gasteiger partial charge is 0.488 e. The number of esters is 2. The van der Waals surface area contributed by atoms with E-state index in [0.717, 1.165) is 0 Å². The van der Waals surface area contributed by atoms with E-state index in [-0.39, 0.29) is 37.3 Å². The minimum atomic E-state index is -1.98. The smallest absolute Gasteiger partial charge is 0.311 e. The van der Waals surface area contributed by atoms with Crippen LogP contribution in [0.15, 0.2) is 30.3 Å². The molecule has 1 aromatic carbocycles. The maximum absolute atomic E-state index is 14.5. The van der Waals surface area contributed by atoms with Gasteiger partial charge in [0.15, 0.2) is 18.7 Å². The van der Waals surface area contributed by atoms with Gasteiger partial charge in [0, 0.05) is 51.7 Å². The second-order valence-corrected chi connectivity index (χ2v) is 18.6. The quantitative estimate of drug-likeness (QED) is 0.281. The Morgan fingerprint density at radius 1 is 0.885 bits per heavy atom. The molecule has 15 heteroatoms. The molecule has 3 aliphatic heterocycles. The number of methoxy groups -OCH3 is 2. The van der Waals surface area contributed by atoms with E-state index >= 15 is 0 Å². The molecule has 0 spiro atoms. The molecule has 0 saturated carbocycles. The summed E-state index contributed by atoms with van der Waals surface area (Å²) in [6, 6.07) is 9.14. The fourth-order valence-corrected chi connectivity index (χ4v) is 9.80. The van der Waals surface area contributed by atoms with Gasteiger partial charge in [-0.2, -0.15) is 0 Å². The van der Waals surface area contributed by atoms with Crippen LogP contribution in [-0.4, -0.2) is 145 Å². The highest BCUT2D eigenvalue weighted by atomic mass is 16.7. The molecular weight excluding hydrogens is 790 g/mol. The van der Waals surface area contributed by atoms with Gasteiger partial charge in [-0.3, -0.25) is 19.3 Å². The van der Waals surface area contributed by atoms with Crippen molar-refractivity contribution in [2.75, 3.05) is 28.3 Å². The van der Waals surface area contributed by atoms with E-state index in [9.17, 15) is 24.6 Å². The highest BCUT2D eigenvalue weighted by Crippen LogP contribution is 2.42. The van der Waals surface area contributed by atoms with Gasteiger partial charge in [-0.05, 0) is 80.6 Å². The number of ketones is 1. The monoisotopic (exact) mass is 866 g/mol. The topological polar surface area (TPSA) is 178 Å². The van der Waals surface area contributed by atoms with Gasteiger partial charge in [0.2, 0.25) is 0 Å². The molecule has 61 heavy (non-hydrogen) atoms. The van der Waals surface area contributed by atoms with E-state index in [1.807, 2.05) is 77.0 Å². The average Bonchev–Trinajstić information content (AvgIpc) is 3.20. The van der Waals surface area contributed by atoms with Crippen molar-refractivity contribution >= 4 is 17.7 Å². The Kier molecular flexibility index (Phi) is 17.4. The van der Waals surface area contributed by atoms with Gasteiger partial charge in [-0.25, -0.2) is 0 Å². The van der Waals surface area contributed by atoms with Crippen LogP contribution >= 0.6 is 0 Å². The van der Waals surface area contributed by atoms with Crippen LogP contribution in [0.25, 0.3) is 0 Å². The fourth-order valence-electron chi connectivity index (χ4n) is 9.80. The highest BCUT2D eigenvalue weighted by Gasteiger charge is 2.55. The molecular formula is C46H75NO14. The molecule has 2 N–H and O–H groups in total. The third kappa shape index (κ3) is 11.5. The Bertz CT molecular complexity index is 1590. The maximum Gasteiger partial charge on any atom is 0.311 e. The molecule has 348 valence electrons. The minimum absolute atomic E-state index is 0.121. The Labute approximate surface area is 363 Å². The molecule has 3 saturated heterocycles. The zero-order chi connectivity index (χ0) is 45.8. The minimum Gasteiger partial charge on any atom is -0.488 e. The molecule has 18 atom stereocenters. The molecule has 0 aromatic heterocycles. The summed E-state index contributed by atoms with van der Waals surface area (Å²) in [5, 5.41) is 23.4. The normalized spacial score (nSPS) is 43.3. The summed E-state index contributed by atoms with van der Waals surface area (Å²) in [6.45, 7) is 18.7. The number of aliphatic hydroxyl groups is 2. The number of hydrogen-bond acceptors (Lipinski definition) is 15. The van der Waals surface area contributed by atoms with Crippen LogP contribution in [0.3, 0.4) is 0 Å². The van der Waals surface area contributed by atoms with E-state index in [1.54, 1.807) is 41.7 Å². The molecule has 3 aliphatic rings. The Morgan fingerprint density at radius 3 is 2.05 bits per heavy atom. The van der Waals surface area contributed by atoms with Gasteiger partial charge >= 0.3 is 11.9 Å². The van der Waals surface area contributed by atoms with Crippen LogP contribution in [-0.2, 0) is 52.3 Å². The zero-order valence-electron chi connectivity index (χ0n) is 39.1. The van der Waals surface area contributed by atoms with Gasteiger partial charge in [0.05, 0.1) is 48.1 Å². The van der Waals surface area contributed by atoms with Gasteiger partial charge in [0.25, 0.3) is 0 Å². The number of para-hydroxylation sites is 1. The first-order valence-electron chi connectivity index (χ1n) is 21.9. The van der Waals surface area contributed by atoms with Gasteiger partial charge in [0.1, 0.15) is 34.9 Å². The lowest BCUT2D eigenvalue weighted by Crippen LogP contribution is -2.62. The molecule has 4 rings (SSSR count). The van der Waals surface area contributed by atoms with E-state index in [0.29, 0.717) is 12.2 Å². The van der Waals surface area contributed by atoms with Crippen LogP contribution in [0.5, 0.6) is 5.75 Å². The molecule has 15 nitrogen and oxygen atoms in total. The number of carbonyl (C=O) groups is 3. The standard InChI is InChI=1S/C46H75NO14/c1-16-34-46(11,52)39(50)27(4)37(49)25(2)23-44(9,53-14)40(61-43-36(47(12)13)33(22-26(3)55-43)58-32-20-18-17-19-21-32)28(5)38(29(6)42(51)59-34)60-35-24-45(10,54-15)41(30(7)56-35)57-31(8)48/h17-21,25-30,33-36,38-41,43,50,52H,16,22-24H2,1-15H3/t25-,26-,27+,28+,29-,30+,33-,34-,35-,36+,38+,39-,40-,41+,43+,44+,45-,46-/m1/s1. The molecule has 0 aliphatic carbocycles. The lowest BCUT2D eigenvalue weighted by atomic mass is 9.74. The van der Waals surface area contributed by atoms with Crippen molar-refractivity contribution in [3.63, 3.8) is 0 Å². The number of aliphatic hydroxyl groups excluding tert-OH is 1. The number of nitrogens with zero attached hydrogens (tertiary/aromatic N) is 1. The third-order valence-corrected chi connectivity index (χ3v) is 13.5. The van der Waals surface area contributed by atoms with Gasteiger partial charge in [-0.15, -0.1) is 0 Å². The summed E-state index contributed by atoms with van der Waals surface area (Å²) in [6.07, 6.45) is -7.66. The average molecular weight is 866 g/mol. The molecule has 0 radical (unpaired) electrons. The lowest BCUT2D eigenvalue weighted by Gasteiger charge is -2.50. The van der Waals surface area contributed by atoms with Crippen molar-refractivity contribution in [3.8, 4) is 5.75 Å². The zero-order valence-corrected chi connectivity index (χ0v) is 39.1. The molecule has 3 heterocycles. The van der Waals surface area contributed by atoms with Gasteiger partial charge < -0.3 is 52.8 Å². The van der Waals surface area contributed by atoms with Crippen LogP contribution in [0.4, 0.5) is 0 Å². The SMILES string of the molecule is CC[C@H]1OC(=O)[C@H](C)[C@@H](O[C@@H]2C[C@@](C)(OC)[C@@H](OC(C)=O)[C@H](C)O2)[C@H](C)[C@@H](O[C@@H]2O[C@H](C)C[C@@H](Oc3ccccc3)[C@@H]2N(C)C)[C@@](C)(OC)C[C@@H](C)C(=O)[C@H](C)[C@@H](O)[C@]1(C)O. The van der Waals surface area contributed by atoms with E-state index in [2.05, 4.69) is 0 Å². The summed E-state index contributed by atoms with van der Waals surface area (Å²) >= 11 is 0. The first kappa shape index (κ1) is 50.9. The molecule has 0 amide bonds. The van der Waals surface area contributed by atoms with Crippen molar-refractivity contribution in [1.29, 1.82) is 0 Å². The van der Waals surface area contributed by atoms with Crippen LogP contribution < -0.4 is 4.74 Å². The predicted octanol–water partition coefficient (Wildman–Crippen LogP) is 5.10. The van der Waals surface area contributed by atoms with Crippen molar-refractivity contribution in [2.45, 2.75) is 186 Å². The third-order valence-electron chi connectivity index (χ3n) is 13.5. The Morgan fingerprint density at radius 2 is 1.49 bits per heavy atom. The van der Waals surface area contributed by atoms with Gasteiger partial charge in [-0.1, -0.05) is 45.9 Å². The summed E-state index contributed by atoms with van der Waals surface area (Å²) in [4.78, 5) is 42.9. The number of hydrogen-bond donors (Lipinski definition) is 2. The number of rotatable bonds is 11. The lowest BCUT2D eigenvalue weighted by molar-refractivity contribution is -0.316. The number of carbonyl (C=O) groups excluding carboxylic acids is 3. The molecule has 0 bridgehead atoms. The summed E-state index contributed by atoms with van der Waals surface area (Å²) in [5.41, 5.74) is -4.27. The summed E-state index contributed by atoms with van der Waals surface area (Å²) in [5.74, 6) is -4.26. The number of cyclic esters (lactones) is 1. The van der Waals surface area contributed by atoms with E-state index in [1.165, 1.54) is 21.0 Å². The number of ether oxygens (including phenoxy) is 9. The number of benzene rings is 1. The Balaban J connectivity index is 1.88. The van der Waals surface area contributed by atoms with Crippen molar-refractivity contribution in [3.05, 3.63) is 30.3 Å². The van der Waals surface area contributed by atoms with Crippen LogP contribution in [0, 0.1) is 23.7 Å². The maximum atomic E-state index is 14.5. The second-order valence-electron chi connectivity index (χ2n) is 18.6. The number of Topliss-reactive ketones (excluding diaryl/α,β-unsaturated/α-hetero) is 1. The predicted molar refractivity (Wildman–Crippen MR) is 225 cm³/mol. The van der Waals surface area contributed by atoms with Crippen LogP contribution in [0.2, 0.25) is 0 Å². The Hall–Kier alpha value is -2.73. The summed E-state index contributed by atoms with van der Waals surface area (Å²) in [7, 11) is 6.94. The van der Waals surface area contributed by atoms with Crippen molar-refractivity contribution in [1.82, 2.24) is 4.90 Å². The first-order valence-corrected chi connectivity index (χ1v) is 21.9. The number of likely N-dealkylation sites (N-methyl/N-ethyl adjacent to an activating group) is 1. The van der Waals surface area contributed by atoms with E-state index < -0.39 is 108 Å². The molecule has 3 fully saturated rings. The highest BCUT2D eigenvalue weighted by molar-refractivity contribution is 5.83. The molecule has 1 aromatic rings. The van der Waals surface area contributed by atoms with Crippen molar-refractivity contribution in [2.24, 2.45) is 23.7 Å². The first-order chi connectivity index (χ1) is 28.4. The fraction of sp³-hybridized carbons (Fsp3) is 0.804. The van der Waals surface area contributed by atoms with E-state index in [4.69, 9.17) is 42.6 Å².